The highest BCUT2D eigenvalue weighted by atomic mass is 19.4. The number of carbonyl (C=O) groups is 1. The fourth-order valence-corrected chi connectivity index (χ4v) is 5.92. The van der Waals surface area contributed by atoms with Crippen LogP contribution in [0.5, 0.6) is 0 Å². The van der Waals surface area contributed by atoms with Gasteiger partial charge in [0.2, 0.25) is 0 Å². The molecule has 0 spiro atoms. The van der Waals surface area contributed by atoms with E-state index in [2.05, 4.69) is 53.2 Å². The van der Waals surface area contributed by atoms with E-state index in [0.29, 0.717) is 17.6 Å². The normalized spacial score (nSPS) is 24.8. The molecule has 0 radical (unpaired) electrons. The maximum atomic E-state index is 13.1. The molecular weight excluding hydrogens is 479 g/mol. The molecule has 2 atom stereocenters. The van der Waals surface area contributed by atoms with Gasteiger partial charge in [0.05, 0.1) is 23.4 Å². The second kappa shape index (κ2) is 12.1. The first-order valence-corrected chi connectivity index (χ1v) is 13.3. The van der Waals surface area contributed by atoms with Gasteiger partial charge >= 0.3 is 6.18 Å². The number of piperidine rings is 1. The number of rotatable bonds is 4. The molecule has 9 heteroatoms. The lowest BCUT2D eigenvalue weighted by Gasteiger charge is -2.52. The first-order valence-electron chi connectivity index (χ1n) is 13.3. The van der Waals surface area contributed by atoms with Crippen LogP contribution in [-0.4, -0.2) is 87.1 Å². The van der Waals surface area contributed by atoms with Crippen LogP contribution in [0.4, 0.5) is 13.2 Å². The molecule has 1 aromatic heterocycles. The first-order chi connectivity index (χ1) is 17.4. The van der Waals surface area contributed by atoms with E-state index in [9.17, 15) is 18.0 Å². The Balaban J connectivity index is 0.000000479. The van der Waals surface area contributed by atoms with Crippen molar-refractivity contribution in [3.63, 3.8) is 0 Å². The predicted molar refractivity (Wildman–Crippen MR) is 140 cm³/mol. The second-order valence-electron chi connectivity index (χ2n) is 10.9. The SMILES string of the molecule is C=CCC(F)(F)F.CC1=CCCC1N1CCN(C2(C)CCN(C(=O)c3c(C)ncnc3C)CC2)C[C@@H]1C. The largest absolute Gasteiger partial charge is 0.392 e. The maximum absolute atomic E-state index is 13.1. The van der Waals surface area contributed by atoms with Crippen molar-refractivity contribution in [2.24, 2.45) is 0 Å². The van der Waals surface area contributed by atoms with Crippen molar-refractivity contribution < 1.29 is 18.0 Å². The summed E-state index contributed by atoms with van der Waals surface area (Å²) in [5.41, 5.74) is 3.98. The van der Waals surface area contributed by atoms with Crippen molar-refractivity contribution in [2.45, 2.75) is 90.5 Å². The van der Waals surface area contributed by atoms with E-state index in [1.54, 1.807) is 11.9 Å². The summed E-state index contributed by atoms with van der Waals surface area (Å²) >= 11 is 0. The van der Waals surface area contributed by atoms with Gasteiger partial charge < -0.3 is 4.90 Å². The number of hydrogen-bond acceptors (Lipinski definition) is 5. The van der Waals surface area contributed by atoms with E-state index in [-0.39, 0.29) is 11.4 Å². The van der Waals surface area contributed by atoms with Crippen LogP contribution in [0.25, 0.3) is 0 Å². The van der Waals surface area contributed by atoms with Crippen LogP contribution in [0, 0.1) is 13.8 Å². The highest BCUT2D eigenvalue weighted by molar-refractivity contribution is 5.96. The van der Waals surface area contributed by atoms with E-state index < -0.39 is 12.6 Å². The number of nitrogens with zero attached hydrogens (tertiary/aromatic N) is 5. The van der Waals surface area contributed by atoms with Crippen LogP contribution >= 0.6 is 0 Å². The standard InChI is InChI=1S/C24H37N5O.C4H5F3/c1-17-7-6-8-21(17)29-14-13-28(15-18(29)2)24(5)9-11-27(12-10-24)23(30)22-19(3)25-16-26-20(22)4;1-2-3-4(5,6)7/h7,16,18,21H,6,8-15H2,1-5H3;2H,1,3H2/t18-,21?;/m0./s1. The van der Waals surface area contributed by atoms with E-state index in [1.807, 2.05) is 18.7 Å². The molecule has 3 heterocycles. The molecule has 3 aliphatic rings. The third-order valence-electron chi connectivity index (χ3n) is 8.22. The van der Waals surface area contributed by atoms with Crippen LogP contribution in [0.15, 0.2) is 30.6 Å². The number of aromatic nitrogens is 2. The van der Waals surface area contributed by atoms with Crippen molar-refractivity contribution in [1.29, 1.82) is 0 Å². The zero-order chi connectivity index (χ0) is 27.4. The number of aryl methyl sites for hydroxylation is 2. The van der Waals surface area contributed by atoms with E-state index in [0.717, 1.165) is 63.0 Å². The van der Waals surface area contributed by atoms with E-state index >= 15 is 0 Å². The Kier molecular flexibility index (Phi) is 9.56. The molecule has 4 rings (SSSR count). The van der Waals surface area contributed by atoms with Crippen LogP contribution in [0.2, 0.25) is 0 Å². The summed E-state index contributed by atoms with van der Waals surface area (Å²) in [6.07, 6.45) is 4.40. The Bertz CT molecular complexity index is 964. The summed E-state index contributed by atoms with van der Waals surface area (Å²) in [7, 11) is 0. The van der Waals surface area contributed by atoms with Gasteiger partial charge in [-0.25, -0.2) is 9.97 Å². The molecule has 0 bridgehead atoms. The van der Waals surface area contributed by atoms with Crippen LogP contribution < -0.4 is 0 Å². The van der Waals surface area contributed by atoms with E-state index in [1.165, 1.54) is 12.8 Å². The summed E-state index contributed by atoms with van der Waals surface area (Å²) in [6, 6.07) is 1.22. The Morgan fingerprint density at radius 2 is 1.76 bits per heavy atom. The molecule has 0 N–H and O–H groups in total. The summed E-state index contributed by atoms with van der Waals surface area (Å²) in [4.78, 5) is 29.0. The Morgan fingerprint density at radius 3 is 2.22 bits per heavy atom. The fraction of sp³-hybridized carbons (Fsp3) is 0.679. The molecule has 0 aromatic carbocycles. The zero-order valence-electron chi connectivity index (χ0n) is 22.9. The van der Waals surface area contributed by atoms with Crippen LogP contribution in [0.3, 0.4) is 0 Å². The van der Waals surface area contributed by atoms with E-state index in [4.69, 9.17) is 0 Å². The maximum Gasteiger partial charge on any atom is 0.392 e. The van der Waals surface area contributed by atoms with Gasteiger partial charge in [-0.15, -0.1) is 6.58 Å². The van der Waals surface area contributed by atoms with Gasteiger partial charge in [-0.3, -0.25) is 14.6 Å². The molecular formula is C28H42F3N5O. The van der Waals surface area contributed by atoms with Gasteiger partial charge in [-0.1, -0.05) is 17.7 Å². The monoisotopic (exact) mass is 521 g/mol. The number of hydrogen-bond donors (Lipinski definition) is 0. The molecule has 1 aliphatic carbocycles. The Labute approximate surface area is 219 Å². The third kappa shape index (κ3) is 7.19. The predicted octanol–water partition coefficient (Wildman–Crippen LogP) is 5.33. The topological polar surface area (TPSA) is 52.6 Å². The summed E-state index contributed by atoms with van der Waals surface area (Å²) in [5, 5.41) is 0. The molecule has 2 fully saturated rings. The fourth-order valence-electron chi connectivity index (χ4n) is 5.92. The lowest BCUT2D eigenvalue weighted by molar-refractivity contribution is -0.124. The molecule has 1 aromatic rings. The van der Waals surface area contributed by atoms with Crippen molar-refractivity contribution >= 4 is 5.91 Å². The molecule has 0 saturated carbocycles. The van der Waals surface area contributed by atoms with Crippen LogP contribution in [-0.2, 0) is 0 Å². The molecule has 37 heavy (non-hydrogen) atoms. The summed E-state index contributed by atoms with van der Waals surface area (Å²) < 4.78 is 33.0. The quantitative estimate of drug-likeness (QED) is 0.502. The Morgan fingerprint density at radius 1 is 1.14 bits per heavy atom. The van der Waals surface area contributed by atoms with Crippen molar-refractivity contribution in [1.82, 2.24) is 24.7 Å². The number of alkyl halides is 3. The van der Waals surface area contributed by atoms with Gasteiger partial charge in [0, 0.05) is 50.3 Å². The Hall–Kier alpha value is -2.26. The number of carbonyl (C=O) groups excluding carboxylic acids is 1. The number of piperazine rings is 1. The lowest BCUT2D eigenvalue weighted by atomic mass is 9.86. The zero-order valence-corrected chi connectivity index (χ0v) is 22.9. The minimum absolute atomic E-state index is 0.0920. The third-order valence-corrected chi connectivity index (χ3v) is 8.22. The average molecular weight is 522 g/mol. The average Bonchev–Trinajstić information content (AvgIpc) is 3.24. The van der Waals surface area contributed by atoms with Crippen molar-refractivity contribution in [3.05, 3.63) is 47.6 Å². The molecule has 206 valence electrons. The second-order valence-corrected chi connectivity index (χ2v) is 10.9. The van der Waals surface area contributed by atoms with Gasteiger partial charge in [0.15, 0.2) is 0 Å². The number of amides is 1. The highest BCUT2D eigenvalue weighted by Gasteiger charge is 2.41. The number of allylic oxidation sites excluding steroid dienone is 2. The van der Waals surface area contributed by atoms with Gasteiger partial charge in [0.25, 0.3) is 5.91 Å². The lowest BCUT2D eigenvalue weighted by Crippen LogP contribution is -2.63. The van der Waals surface area contributed by atoms with Crippen molar-refractivity contribution in [3.8, 4) is 0 Å². The molecule has 2 saturated heterocycles. The summed E-state index contributed by atoms with van der Waals surface area (Å²) in [5.74, 6) is 0.0920. The van der Waals surface area contributed by atoms with Gasteiger partial charge in [-0.05, 0) is 60.3 Å². The number of halogens is 3. The highest BCUT2D eigenvalue weighted by Crippen LogP contribution is 2.34. The van der Waals surface area contributed by atoms with Crippen molar-refractivity contribution in [2.75, 3.05) is 32.7 Å². The first kappa shape index (κ1) is 29.3. The molecule has 2 aliphatic heterocycles. The smallest absolute Gasteiger partial charge is 0.338 e. The summed E-state index contributed by atoms with van der Waals surface area (Å²) in [6.45, 7) is 18.8. The van der Waals surface area contributed by atoms with Crippen LogP contribution in [0.1, 0.15) is 74.6 Å². The van der Waals surface area contributed by atoms with Gasteiger partial charge in [0.1, 0.15) is 6.33 Å². The molecule has 1 unspecified atom stereocenters. The minimum atomic E-state index is -4.07. The minimum Gasteiger partial charge on any atom is -0.338 e. The van der Waals surface area contributed by atoms with Gasteiger partial charge in [-0.2, -0.15) is 13.2 Å². The molecule has 6 nitrogen and oxygen atoms in total. The molecule has 1 amide bonds. The number of likely N-dealkylation sites (tertiary alicyclic amines) is 1.